The third-order valence-corrected chi connectivity index (χ3v) is 6.72. The molecule has 2 N–H and O–H groups in total. The van der Waals surface area contributed by atoms with Gasteiger partial charge in [-0.3, -0.25) is 9.59 Å². The van der Waals surface area contributed by atoms with Gasteiger partial charge in [-0.25, -0.2) is 8.42 Å². The molecule has 0 saturated carbocycles. The summed E-state index contributed by atoms with van der Waals surface area (Å²) in [4.78, 5) is 24.4. The summed E-state index contributed by atoms with van der Waals surface area (Å²) in [6.45, 7) is 0.879. The Bertz CT molecular complexity index is 1000. The van der Waals surface area contributed by atoms with Crippen LogP contribution in [0.25, 0.3) is 0 Å². The number of hydrogen-bond acceptors (Lipinski definition) is 5. The van der Waals surface area contributed by atoms with Crippen molar-refractivity contribution in [3.05, 3.63) is 54.1 Å². The highest BCUT2D eigenvalue weighted by molar-refractivity contribution is 7.89. The average Bonchev–Trinajstić information content (AvgIpc) is 2.76. The van der Waals surface area contributed by atoms with Crippen LogP contribution >= 0.6 is 0 Å². The molecule has 1 aliphatic heterocycles. The molecule has 1 heterocycles. The molecule has 0 unspecified atom stereocenters. The molecule has 1 fully saturated rings. The van der Waals surface area contributed by atoms with Gasteiger partial charge in [-0.05, 0) is 49.2 Å². The van der Waals surface area contributed by atoms with E-state index in [1.54, 1.807) is 36.4 Å². The van der Waals surface area contributed by atoms with Crippen LogP contribution in [-0.4, -0.2) is 51.3 Å². The fraction of sp³-hybridized carbons (Fsp3) is 0.333. The Kier molecular flexibility index (Phi) is 7.20. The highest BCUT2D eigenvalue weighted by atomic mass is 32.2. The largest absolute Gasteiger partial charge is 0.375 e. The Morgan fingerprint density at radius 2 is 1.53 bits per heavy atom. The number of hydrogen-bond donors (Lipinski definition) is 2. The van der Waals surface area contributed by atoms with E-state index >= 15 is 0 Å². The number of rotatable bonds is 7. The van der Waals surface area contributed by atoms with E-state index in [-0.39, 0.29) is 23.0 Å². The third-order valence-electron chi connectivity index (χ3n) is 4.77. The summed E-state index contributed by atoms with van der Waals surface area (Å²) in [6, 6.07) is 12.8. The smallest absolute Gasteiger partial charge is 0.257 e. The standard InChI is InChI=1S/C21H25N3O5S/c1-29-15-20(25)22-16-9-11-17(12-10-16)23-21(26)18-7-3-4-8-19(18)30(27,28)24-13-5-2-6-14-24/h3-4,7-12H,2,5-6,13-15H2,1H3,(H,22,25)(H,23,26). The van der Waals surface area contributed by atoms with Crippen molar-refractivity contribution in [2.75, 3.05) is 37.4 Å². The van der Waals surface area contributed by atoms with Crippen LogP contribution in [0.4, 0.5) is 11.4 Å². The number of benzene rings is 2. The second-order valence-corrected chi connectivity index (χ2v) is 8.88. The highest BCUT2D eigenvalue weighted by Crippen LogP contribution is 2.24. The van der Waals surface area contributed by atoms with Crippen molar-refractivity contribution in [3.8, 4) is 0 Å². The molecule has 2 aromatic rings. The van der Waals surface area contributed by atoms with Crippen LogP contribution in [-0.2, 0) is 19.6 Å². The minimum Gasteiger partial charge on any atom is -0.375 e. The summed E-state index contributed by atoms with van der Waals surface area (Å²) in [5, 5.41) is 5.38. The van der Waals surface area contributed by atoms with Crippen LogP contribution in [0, 0.1) is 0 Å². The van der Waals surface area contributed by atoms with Crippen molar-refractivity contribution in [2.24, 2.45) is 0 Å². The molecule has 160 valence electrons. The van der Waals surface area contributed by atoms with Crippen molar-refractivity contribution >= 4 is 33.2 Å². The number of amides is 2. The molecule has 30 heavy (non-hydrogen) atoms. The second-order valence-electron chi connectivity index (χ2n) is 6.97. The lowest BCUT2D eigenvalue weighted by Crippen LogP contribution is -2.36. The van der Waals surface area contributed by atoms with Crippen LogP contribution in [0.1, 0.15) is 29.6 Å². The molecule has 1 aliphatic rings. The highest BCUT2D eigenvalue weighted by Gasteiger charge is 2.29. The number of nitrogens with one attached hydrogen (secondary N) is 2. The lowest BCUT2D eigenvalue weighted by molar-refractivity contribution is -0.119. The van der Waals surface area contributed by atoms with E-state index in [1.807, 2.05) is 0 Å². The number of ether oxygens (including phenoxy) is 1. The number of methoxy groups -OCH3 is 1. The van der Waals surface area contributed by atoms with Gasteiger partial charge in [0.15, 0.2) is 0 Å². The predicted molar refractivity (Wildman–Crippen MR) is 114 cm³/mol. The quantitative estimate of drug-likeness (QED) is 0.701. The first-order chi connectivity index (χ1) is 14.4. The number of sulfonamides is 1. The van der Waals surface area contributed by atoms with Gasteiger partial charge in [-0.2, -0.15) is 4.31 Å². The minimum atomic E-state index is -3.74. The van der Waals surface area contributed by atoms with E-state index in [4.69, 9.17) is 4.74 Å². The Balaban J connectivity index is 1.75. The molecule has 0 aliphatic carbocycles. The zero-order chi connectivity index (χ0) is 21.6. The lowest BCUT2D eigenvalue weighted by atomic mass is 10.2. The Morgan fingerprint density at radius 1 is 0.933 bits per heavy atom. The monoisotopic (exact) mass is 431 g/mol. The molecule has 0 atom stereocenters. The number of carbonyl (C=O) groups is 2. The van der Waals surface area contributed by atoms with Crippen LogP contribution in [0.5, 0.6) is 0 Å². The Morgan fingerprint density at radius 3 is 2.17 bits per heavy atom. The van der Waals surface area contributed by atoms with Gasteiger partial charge in [-0.15, -0.1) is 0 Å². The lowest BCUT2D eigenvalue weighted by Gasteiger charge is -2.26. The van der Waals surface area contributed by atoms with Crippen molar-refractivity contribution in [1.29, 1.82) is 0 Å². The first-order valence-electron chi connectivity index (χ1n) is 9.71. The van der Waals surface area contributed by atoms with E-state index < -0.39 is 15.9 Å². The van der Waals surface area contributed by atoms with Crippen molar-refractivity contribution in [1.82, 2.24) is 4.31 Å². The van der Waals surface area contributed by atoms with E-state index in [1.165, 1.54) is 23.5 Å². The van der Waals surface area contributed by atoms with Crippen LogP contribution in [0.2, 0.25) is 0 Å². The number of nitrogens with zero attached hydrogens (tertiary/aromatic N) is 1. The topological polar surface area (TPSA) is 105 Å². The molecule has 3 rings (SSSR count). The Hall–Kier alpha value is -2.75. The van der Waals surface area contributed by atoms with Crippen LogP contribution < -0.4 is 10.6 Å². The van der Waals surface area contributed by atoms with Gasteiger partial charge in [0.1, 0.15) is 6.61 Å². The molecule has 2 aromatic carbocycles. The van der Waals surface area contributed by atoms with Gasteiger partial charge in [0, 0.05) is 31.6 Å². The molecular weight excluding hydrogens is 406 g/mol. The van der Waals surface area contributed by atoms with Gasteiger partial charge in [0.2, 0.25) is 15.9 Å². The fourth-order valence-corrected chi connectivity index (χ4v) is 4.99. The molecule has 9 heteroatoms. The maximum atomic E-state index is 13.1. The van der Waals surface area contributed by atoms with Gasteiger partial charge < -0.3 is 15.4 Å². The van der Waals surface area contributed by atoms with Crippen LogP contribution in [0.15, 0.2) is 53.4 Å². The average molecular weight is 432 g/mol. The first-order valence-corrected chi connectivity index (χ1v) is 11.1. The van der Waals surface area contributed by atoms with Gasteiger partial charge in [0.25, 0.3) is 5.91 Å². The SMILES string of the molecule is COCC(=O)Nc1ccc(NC(=O)c2ccccc2S(=O)(=O)N2CCCCC2)cc1. The van der Waals surface area contributed by atoms with Gasteiger partial charge in [-0.1, -0.05) is 18.6 Å². The maximum absolute atomic E-state index is 13.1. The molecule has 0 bridgehead atoms. The molecule has 1 saturated heterocycles. The van der Waals surface area contributed by atoms with Crippen molar-refractivity contribution in [3.63, 3.8) is 0 Å². The zero-order valence-corrected chi connectivity index (χ0v) is 17.6. The first kappa shape index (κ1) is 21.9. The molecule has 0 spiro atoms. The van der Waals surface area contributed by atoms with E-state index in [2.05, 4.69) is 10.6 Å². The number of anilines is 2. The van der Waals surface area contributed by atoms with Crippen molar-refractivity contribution < 1.29 is 22.7 Å². The molecule has 8 nitrogen and oxygen atoms in total. The minimum absolute atomic E-state index is 0.00727. The zero-order valence-electron chi connectivity index (χ0n) is 16.8. The molecule has 2 amide bonds. The van der Waals surface area contributed by atoms with Gasteiger partial charge >= 0.3 is 0 Å². The summed E-state index contributed by atoms with van der Waals surface area (Å²) in [7, 11) is -2.31. The third kappa shape index (κ3) is 5.24. The van der Waals surface area contributed by atoms with Crippen molar-refractivity contribution in [2.45, 2.75) is 24.2 Å². The van der Waals surface area contributed by atoms with Crippen LogP contribution in [0.3, 0.4) is 0 Å². The predicted octanol–water partition coefficient (Wildman–Crippen LogP) is 2.70. The van der Waals surface area contributed by atoms with E-state index in [0.717, 1.165) is 19.3 Å². The second kappa shape index (κ2) is 9.84. The van der Waals surface area contributed by atoms with E-state index in [9.17, 15) is 18.0 Å². The maximum Gasteiger partial charge on any atom is 0.257 e. The fourth-order valence-electron chi connectivity index (χ4n) is 3.29. The molecule has 0 aromatic heterocycles. The summed E-state index contributed by atoms with van der Waals surface area (Å²) in [5.41, 5.74) is 1.14. The summed E-state index contributed by atoms with van der Waals surface area (Å²) in [5.74, 6) is -0.798. The number of piperidine rings is 1. The summed E-state index contributed by atoms with van der Waals surface area (Å²) in [6.07, 6.45) is 2.65. The summed E-state index contributed by atoms with van der Waals surface area (Å²) < 4.78 is 32.3. The molecular formula is C21H25N3O5S. The molecule has 0 radical (unpaired) electrons. The Labute approximate surface area is 176 Å². The van der Waals surface area contributed by atoms with Gasteiger partial charge in [0.05, 0.1) is 10.5 Å². The number of carbonyl (C=O) groups excluding carboxylic acids is 2. The summed E-state index contributed by atoms with van der Waals surface area (Å²) >= 11 is 0. The normalized spacial score (nSPS) is 14.8. The van der Waals surface area contributed by atoms with E-state index in [0.29, 0.717) is 24.5 Å².